The van der Waals surface area contributed by atoms with Crippen LogP contribution in [0, 0.1) is 11.3 Å². The van der Waals surface area contributed by atoms with Gasteiger partial charge in [0.1, 0.15) is 11.6 Å². The van der Waals surface area contributed by atoms with E-state index >= 15 is 0 Å². The number of nitriles is 1. The first-order chi connectivity index (χ1) is 36.3. The second kappa shape index (κ2) is 14.8. The molecule has 0 spiro atoms. The number of fused-ring (bicyclic) bond motifs is 15. The van der Waals surface area contributed by atoms with Gasteiger partial charge in [0.05, 0.1) is 111 Å². The van der Waals surface area contributed by atoms with E-state index < -0.39 is 0 Å². The molecule has 11 heteroatoms. The monoisotopic (exact) mass is 933 g/mol. The van der Waals surface area contributed by atoms with E-state index in [0.29, 0.717) is 16.9 Å². The molecule has 16 aromatic rings. The highest BCUT2D eigenvalue weighted by Crippen LogP contribution is 2.51. The molecule has 0 aliphatic rings. The molecule has 6 aromatic carbocycles. The van der Waals surface area contributed by atoms with Crippen LogP contribution < -0.4 is 0 Å². The molecule has 0 N–H and O–H groups in total. The maximum absolute atomic E-state index is 12.8. The summed E-state index contributed by atoms with van der Waals surface area (Å²) in [6, 6.07) is 65.7. The first-order valence-corrected chi connectivity index (χ1v) is 24.2. The van der Waals surface area contributed by atoms with Gasteiger partial charge in [-0.1, -0.05) is 91.0 Å². The van der Waals surface area contributed by atoms with Gasteiger partial charge in [0, 0.05) is 57.9 Å². The van der Waals surface area contributed by atoms with E-state index in [2.05, 4.69) is 181 Å². The molecule has 0 amide bonds. The third kappa shape index (κ3) is 5.17. The zero-order chi connectivity index (χ0) is 47.9. The number of para-hydroxylation sites is 5. The summed E-state index contributed by atoms with van der Waals surface area (Å²) in [7, 11) is 0. The first kappa shape index (κ1) is 39.4. The van der Waals surface area contributed by atoms with Crippen molar-refractivity contribution in [2.75, 3.05) is 0 Å². The van der Waals surface area contributed by atoms with Crippen molar-refractivity contribution in [2.45, 2.75) is 0 Å². The van der Waals surface area contributed by atoms with E-state index in [1.165, 1.54) is 0 Å². The van der Waals surface area contributed by atoms with E-state index in [1.54, 1.807) is 0 Å². The van der Waals surface area contributed by atoms with Crippen LogP contribution in [0.5, 0.6) is 0 Å². The van der Waals surface area contributed by atoms with Crippen molar-refractivity contribution in [3.05, 3.63) is 219 Å². The molecule has 0 aliphatic heterocycles. The Morgan fingerprint density at radius 1 is 0.247 bits per heavy atom. The van der Waals surface area contributed by atoms with Gasteiger partial charge in [-0.3, -0.25) is 24.9 Å². The van der Waals surface area contributed by atoms with Crippen molar-refractivity contribution in [2.24, 2.45) is 0 Å². The molecule has 0 fully saturated rings. The lowest BCUT2D eigenvalue weighted by Crippen LogP contribution is -2.18. The predicted molar refractivity (Wildman–Crippen MR) is 292 cm³/mol. The minimum Gasteiger partial charge on any atom is -0.304 e. The van der Waals surface area contributed by atoms with Gasteiger partial charge in [-0.2, -0.15) is 5.26 Å². The summed E-state index contributed by atoms with van der Waals surface area (Å²) in [6.07, 6.45) is 9.26. The zero-order valence-electron chi connectivity index (χ0n) is 38.6. The summed E-state index contributed by atoms with van der Waals surface area (Å²) in [5.41, 5.74) is 17.1. The van der Waals surface area contributed by atoms with Gasteiger partial charge < -0.3 is 22.8 Å². The Kier molecular flexibility index (Phi) is 7.98. The fourth-order valence-corrected chi connectivity index (χ4v) is 12.0. The third-order valence-corrected chi connectivity index (χ3v) is 14.7. The van der Waals surface area contributed by atoms with Crippen LogP contribution in [0.3, 0.4) is 0 Å². The first-order valence-electron chi connectivity index (χ1n) is 24.2. The molecule has 0 saturated carbocycles. The van der Waals surface area contributed by atoms with Crippen LogP contribution in [-0.2, 0) is 0 Å². The third-order valence-electron chi connectivity index (χ3n) is 14.7. The fraction of sp³-hybridized carbons (Fsp3) is 0. The van der Waals surface area contributed by atoms with Gasteiger partial charge in [-0.05, 0) is 91.0 Å². The SMILES string of the molecule is N#Cc1c(-n2c3ccccc3c3ncccc32)c(-n2c3ccccc3c3ncccc32)c(-n2c3ccccc3c3ncccc32)c(-n2c3ccccc3c3ncccc32)c1-n1c2ccccc2c2ncccc21. The van der Waals surface area contributed by atoms with E-state index in [4.69, 9.17) is 24.9 Å². The topological polar surface area (TPSA) is 113 Å². The van der Waals surface area contributed by atoms with Crippen molar-refractivity contribution < 1.29 is 0 Å². The van der Waals surface area contributed by atoms with Crippen LogP contribution in [-0.4, -0.2) is 47.8 Å². The Morgan fingerprint density at radius 2 is 0.452 bits per heavy atom. The molecule has 0 atom stereocenters. The number of aromatic nitrogens is 10. The van der Waals surface area contributed by atoms with Crippen molar-refractivity contribution in [3.8, 4) is 34.5 Å². The number of nitrogens with zero attached hydrogens (tertiary/aromatic N) is 11. The molecule has 0 bridgehead atoms. The Hall–Kier alpha value is -10.4. The van der Waals surface area contributed by atoms with Crippen LogP contribution in [0.15, 0.2) is 213 Å². The average molecular weight is 934 g/mol. The quantitative estimate of drug-likeness (QED) is 0.170. The van der Waals surface area contributed by atoms with Crippen LogP contribution in [0.2, 0.25) is 0 Å². The molecule has 16 rings (SSSR count). The minimum atomic E-state index is 0.426. The van der Waals surface area contributed by atoms with E-state index in [0.717, 1.165) is 127 Å². The molecule has 0 radical (unpaired) electrons. The van der Waals surface area contributed by atoms with Gasteiger partial charge in [0.2, 0.25) is 0 Å². The summed E-state index contributed by atoms with van der Waals surface area (Å²) in [5, 5.41) is 17.6. The molecular formula is C62H35N11. The van der Waals surface area contributed by atoms with Gasteiger partial charge in [0.25, 0.3) is 0 Å². The molecule has 10 heterocycles. The minimum absolute atomic E-state index is 0.426. The van der Waals surface area contributed by atoms with Crippen LogP contribution in [0.25, 0.3) is 138 Å². The van der Waals surface area contributed by atoms with Crippen LogP contribution >= 0.6 is 0 Å². The molecule has 0 unspecified atom stereocenters. The summed E-state index contributed by atoms with van der Waals surface area (Å²) >= 11 is 0. The standard InChI is InChI=1S/C62H35N11/c63-36-42-58(69-43-21-6-1-16-37(43)53-48(69)26-11-31-64-53)60(71-45-23-8-3-18-39(45)55-50(71)28-13-33-66-55)62(73-47-25-10-5-20-41(47)57-52(73)30-15-35-68-57)61(72-46-24-9-4-19-40(46)56-51(72)29-14-34-67-56)59(42)70-44-22-7-2-17-38(44)54-49(70)27-12-32-65-54/h1-35H. The molecular weight excluding hydrogens is 899 g/mol. The average Bonchev–Trinajstić information content (AvgIpc) is 4.25. The summed E-state index contributed by atoms with van der Waals surface area (Å²) in [5.74, 6) is 0. The van der Waals surface area contributed by atoms with E-state index in [-0.39, 0.29) is 0 Å². The fourth-order valence-electron chi connectivity index (χ4n) is 12.0. The highest BCUT2D eigenvalue weighted by molar-refractivity contribution is 6.16. The predicted octanol–water partition coefficient (Wildman–Crippen LogP) is 14.0. The Bertz CT molecular complexity index is 4560. The number of hydrogen-bond acceptors (Lipinski definition) is 6. The molecule has 10 aromatic heterocycles. The van der Waals surface area contributed by atoms with E-state index in [1.807, 2.05) is 61.3 Å². The Balaban J connectivity index is 1.31. The molecule has 0 saturated heterocycles. The van der Waals surface area contributed by atoms with E-state index in [9.17, 15) is 5.26 Å². The maximum Gasteiger partial charge on any atom is 0.105 e. The Morgan fingerprint density at radius 3 is 0.699 bits per heavy atom. The Labute approximate surface area is 413 Å². The lowest BCUT2D eigenvalue weighted by Gasteiger charge is -2.29. The number of benzene rings is 6. The zero-order valence-corrected chi connectivity index (χ0v) is 38.6. The van der Waals surface area contributed by atoms with Crippen molar-refractivity contribution in [3.63, 3.8) is 0 Å². The number of pyridine rings is 5. The van der Waals surface area contributed by atoms with Gasteiger partial charge in [0.15, 0.2) is 0 Å². The van der Waals surface area contributed by atoms with Crippen LogP contribution in [0.4, 0.5) is 0 Å². The summed E-state index contributed by atoms with van der Waals surface area (Å²) in [4.78, 5) is 25.5. The largest absolute Gasteiger partial charge is 0.304 e. The molecule has 0 aliphatic carbocycles. The lowest BCUT2D eigenvalue weighted by molar-refractivity contribution is 0.991. The van der Waals surface area contributed by atoms with Crippen molar-refractivity contribution in [1.29, 1.82) is 5.26 Å². The van der Waals surface area contributed by atoms with Crippen molar-refractivity contribution in [1.82, 2.24) is 47.8 Å². The maximum atomic E-state index is 12.8. The molecule has 73 heavy (non-hydrogen) atoms. The number of hydrogen-bond donors (Lipinski definition) is 0. The second-order valence-electron chi connectivity index (χ2n) is 18.3. The van der Waals surface area contributed by atoms with Gasteiger partial charge in [-0.25, -0.2) is 0 Å². The number of rotatable bonds is 5. The van der Waals surface area contributed by atoms with Crippen LogP contribution in [0.1, 0.15) is 5.56 Å². The smallest absolute Gasteiger partial charge is 0.105 e. The normalized spacial score (nSPS) is 12.1. The van der Waals surface area contributed by atoms with Gasteiger partial charge >= 0.3 is 0 Å². The molecule has 338 valence electrons. The highest BCUT2D eigenvalue weighted by Gasteiger charge is 2.36. The summed E-state index contributed by atoms with van der Waals surface area (Å²) < 4.78 is 11.6. The second-order valence-corrected chi connectivity index (χ2v) is 18.3. The van der Waals surface area contributed by atoms with Crippen molar-refractivity contribution >= 4 is 110 Å². The summed E-state index contributed by atoms with van der Waals surface area (Å²) in [6.45, 7) is 0. The van der Waals surface area contributed by atoms with Gasteiger partial charge in [-0.15, -0.1) is 0 Å². The molecule has 11 nitrogen and oxygen atoms in total. The lowest BCUT2D eigenvalue weighted by atomic mass is 10.0. The highest BCUT2D eigenvalue weighted by atomic mass is 15.2.